The van der Waals surface area contributed by atoms with Gasteiger partial charge in [0, 0.05) is 39.2 Å². The number of ether oxygens (including phenoxy) is 2. The Balaban J connectivity index is 0.00000264. The van der Waals surface area contributed by atoms with Crippen LogP contribution in [0.4, 0.5) is 4.39 Å². The molecule has 0 aromatic heterocycles. The minimum absolute atomic E-state index is 0. The van der Waals surface area contributed by atoms with Gasteiger partial charge in [0.2, 0.25) is 0 Å². The van der Waals surface area contributed by atoms with Crippen LogP contribution in [0.2, 0.25) is 0 Å². The van der Waals surface area contributed by atoms with Crippen molar-refractivity contribution < 1.29 is 13.9 Å². The molecule has 1 aromatic rings. The third kappa shape index (κ3) is 6.50. The first-order valence-corrected chi connectivity index (χ1v) is 7.56. The van der Waals surface area contributed by atoms with Gasteiger partial charge in [0.25, 0.3) is 0 Å². The number of methoxy groups -OCH3 is 1. The molecule has 0 bridgehead atoms. The van der Waals surface area contributed by atoms with E-state index in [-0.39, 0.29) is 29.8 Å². The molecule has 1 N–H and O–H groups in total. The van der Waals surface area contributed by atoms with Crippen molar-refractivity contribution in [3.8, 4) is 5.75 Å². The molecule has 1 aliphatic heterocycles. The third-order valence-corrected chi connectivity index (χ3v) is 3.65. The van der Waals surface area contributed by atoms with E-state index in [0.29, 0.717) is 24.8 Å². The molecule has 1 unspecified atom stereocenters. The number of nitrogens with zero attached hydrogens (tertiary/aromatic N) is 2. The third-order valence-electron chi connectivity index (χ3n) is 3.65. The van der Waals surface area contributed by atoms with Gasteiger partial charge in [-0.15, -0.1) is 24.0 Å². The maximum Gasteiger partial charge on any atom is 0.193 e. The van der Waals surface area contributed by atoms with E-state index in [1.807, 2.05) is 0 Å². The first-order chi connectivity index (χ1) is 10.7. The summed E-state index contributed by atoms with van der Waals surface area (Å²) in [6, 6.07) is 6.16. The number of aliphatic imine (C=N–C) groups is 1. The molecule has 1 aliphatic rings. The Morgan fingerprint density at radius 2 is 2.30 bits per heavy atom. The molecule has 23 heavy (non-hydrogen) atoms. The Hall–Kier alpha value is -1.09. The Bertz CT molecular complexity index is 502. The van der Waals surface area contributed by atoms with E-state index in [1.165, 1.54) is 12.1 Å². The van der Waals surface area contributed by atoms with Gasteiger partial charge in [-0.25, -0.2) is 4.39 Å². The summed E-state index contributed by atoms with van der Waals surface area (Å²) in [6.07, 6.45) is 1.12. The molecule has 1 heterocycles. The maximum absolute atomic E-state index is 13.0. The zero-order valence-electron chi connectivity index (χ0n) is 13.6. The smallest absolute Gasteiger partial charge is 0.193 e. The Morgan fingerprint density at radius 3 is 3.00 bits per heavy atom. The lowest BCUT2D eigenvalue weighted by molar-refractivity contribution is 0.157. The SMILES string of the molecule is CN=C(NCCOc1cccc(F)c1)N1CCC(COC)C1.I. The fourth-order valence-electron chi connectivity index (χ4n) is 2.62. The molecule has 0 saturated carbocycles. The highest BCUT2D eigenvalue weighted by atomic mass is 127. The van der Waals surface area contributed by atoms with Crippen LogP contribution in [0, 0.1) is 11.7 Å². The van der Waals surface area contributed by atoms with E-state index in [9.17, 15) is 4.39 Å². The topological polar surface area (TPSA) is 46.1 Å². The summed E-state index contributed by atoms with van der Waals surface area (Å²) in [4.78, 5) is 6.53. The van der Waals surface area contributed by atoms with E-state index in [1.54, 1.807) is 26.3 Å². The van der Waals surface area contributed by atoms with E-state index in [4.69, 9.17) is 9.47 Å². The van der Waals surface area contributed by atoms with Crippen molar-refractivity contribution in [3.05, 3.63) is 30.1 Å². The maximum atomic E-state index is 13.0. The number of nitrogens with one attached hydrogen (secondary N) is 1. The molecule has 0 radical (unpaired) electrons. The number of hydrogen-bond donors (Lipinski definition) is 1. The summed E-state index contributed by atoms with van der Waals surface area (Å²) in [5.41, 5.74) is 0. The van der Waals surface area contributed by atoms with Gasteiger partial charge in [-0.1, -0.05) is 6.07 Å². The molecule has 130 valence electrons. The van der Waals surface area contributed by atoms with Gasteiger partial charge in [-0.3, -0.25) is 4.99 Å². The minimum atomic E-state index is -0.289. The number of halogens is 2. The summed E-state index contributed by atoms with van der Waals surface area (Å²) in [5.74, 6) is 1.69. The van der Waals surface area contributed by atoms with E-state index in [2.05, 4.69) is 15.2 Å². The molecule has 0 aliphatic carbocycles. The van der Waals surface area contributed by atoms with Crippen molar-refractivity contribution in [1.29, 1.82) is 0 Å². The largest absolute Gasteiger partial charge is 0.492 e. The molecule has 1 saturated heterocycles. The fourth-order valence-corrected chi connectivity index (χ4v) is 2.62. The van der Waals surface area contributed by atoms with Gasteiger partial charge in [0.05, 0.1) is 13.2 Å². The minimum Gasteiger partial charge on any atom is -0.492 e. The highest BCUT2D eigenvalue weighted by Crippen LogP contribution is 2.16. The highest BCUT2D eigenvalue weighted by Gasteiger charge is 2.24. The summed E-state index contributed by atoms with van der Waals surface area (Å²) in [7, 11) is 3.51. The fraction of sp³-hybridized carbons (Fsp3) is 0.562. The second kappa shape index (κ2) is 10.6. The molecule has 1 aromatic carbocycles. The lowest BCUT2D eigenvalue weighted by atomic mass is 10.1. The number of likely N-dealkylation sites (tertiary alicyclic amines) is 1. The van der Waals surface area contributed by atoms with Crippen molar-refractivity contribution in [3.63, 3.8) is 0 Å². The van der Waals surface area contributed by atoms with Crippen molar-refractivity contribution in [2.75, 3.05) is 47.0 Å². The van der Waals surface area contributed by atoms with Crippen LogP contribution in [-0.2, 0) is 4.74 Å². The second-order valence-corrected chi connectivity index (χ2v) is 5.34. The highest BCUT2D eigenvalue weighted by molar-refractivity contribution is 14.0. The molecule has 7 heteroatoms. The molecular formula is C16H25FIN3O2. The van der Waals surface area contributed by atoms with Gasteiger partial charge >= 0.3 is 0 Å². The molecule has 0 amide bonds. The number of rotatable bonds is 6. The monoisotopic (exact) mass is 437 g/mol. The molecular weight excluding hydrogens is 412 g/mol. The first-order valence-electron chi connectivity index (χ1n) is 7.56. The predicted molar refractivity (Wildman–Crippen MR) is 100 cm³/mol. The molecule has 1 atom stereocenters. The van der Waals surface area contributed by atoms with Crippen LogP contribution >= 0.6 is 24.0 Å². The summed E-state index contributed by atoms with van der Waals surface area (Å²) in [6.45, 7) is 3.80. The second-order valence-electron chi connectivity index (χ2n) is 5.34. The van der Waals surface area contributed by atoms with E-state index in [0.717, 1.165) is 32.1 Å². The van der Waals surface area contributed by atoms with Crippen LogP contribution in [0.25, 0.3) is 0 Å². The van der Waals surface area contributed by atoms with Crippen molar-refractivity contribution in [2.24, 2.45) is 10.9 Å². The Kier molecular flexibility index (Phi) is 9.23. The molecule has 2 rings (SSSR count). The summed E-state index contributed by atoms with van der Waals surface area (Å²) in [5, 5.41) is 3.28. The van der Waals surface area contributed by atoms with Crippen LogP contribution in [0.3, 0.4) is 0 Å². The summed E-state index contributed by atoms with van der Waals surface area (Å²) >= 11 is 0. The first kappa shape index (κ1) is 20.0. The van der Waals surface area contributed by atoms with Crippen LogP contribution in [-0.4, -0.2) is 57.9 Å². The van der Waals surface area contributed by atoms with Crippen LogP contribution in [0.5, 0.6) is 5.75 Å². The standard InChI is InChI=1S/C16H24FN3O2.HI/c1-18-16(20-8-6-13(11-20)12-21-2)19-7-9-22-15-5-3-4-14(17)10-15;/h3-5,10,13H,6-9,11-12H2,1-2H3,(H,18,19);1H. The van der Waals surface area contributed by atoms with Crippen molar-refractivity contribution in [2.45, 2.75) is 6.42 Å². The lowest BCUT2D eigenvalue weighted by Gasteiger charge is -2.21. The average Bonchev–Trinajstić information content (AvgIpc) is 2.96. The zero-order chi connectivity index (χ0) is 15.8. The molecule has 1 fully saturated rings. The normalized spacial score (nSPS) is 17.8. The van der Waals surface area contributed by atoms with Crippen LogP contribution in [0.15, 0.2) is 29.3 Å². The van der Waals surface area contributed by atoms with Crippen molar-refractivity contribution in [1.82, 2.24) is 10.2 Å². The number of hydrogen-bond acceptors (Lipinski definition) is 3. The van der Waals surface area contributed by atoms with Crippen LogP contribution < -0.4 is 10.1 Å². The Labute approximate surface area is 154 Å². The van der Waals surface area contributed by atoms with E-state index < -0.39 is 0 Å². The Morgan fingerprint density at radius 1 is 1.48 bits per heavy atom. The summed E-state index contributed by atoms with van der Waals surface area (Å²) < 4.78 is 23.7. The van der Waals surface area contributed by atoms with Crippen LogP contribution in [0.1, 0.15) is 6.42 Å². The number of benzene rings is 1. The zero-order valence-corrected chi connectivity index (χ0v) is 16.0. The van der Waals surface area contributed by atoms with Gasteiger partial charge < -0.3 is 19.7 Å². The van der Waals surface area contributed by atoms with Gasteiger partial charge in [-0.05, 0) is 18.6 Å². The van der Waals surface area contributed by atoms with Gasteiger partial charge in [-0.2, -0.15) is 0 Å². The molecule has 5 nitrogen and oxygen atoms in total. The quantitative estimate of drug-likeness (QED) is 0.321. The van der Waals surface area contributed by atoms with E-state index >= 15 is 0 Å². The van der Waals surface area contributed by atoms with Crippen molar-refractivity contribution >= 4 is 29.9 Å². The number of guanidine groups is 1. The predicted octanol–water partition coefficient (Wildman–Crippen LogP) is 2.37. The van der Waals surface area contributed by atoms with Gasteiger partial charge in [0.1, 0.15) is 18.2 Å². The average molecular weight is 437 g/mol. The van der Waals surface area contributed by atoms with Gasteiger partial charge in [0.15, 0.2) is 5.96 Å². The lowest BCUT2D eigenvalue weighted by Crippen LogP contribution is -2.41. The molecule has 0 spiro atoms.